The molecule has 1 aliphatic heterocycles. The molecule has 0 radical (unpaired) electrons. The lowest BCUT2D eigenvalue weighted by Gasteiger charge is -2.12. The molecule has 0 bridgehead atoms. The van der Waals surface area contributed by atoms with Crippen molar-refractivity contribution in [1.29, 1.82) is 0 Å². The van der Waals surface area contributed by atoms with Crippen molar-refractivity contribution in [3.8, 4) is 17.1 Å². The maximum atomic E-state index is 11.5. The Balaban J connectivity index is 1.46. The van der Waals surface area contributed by atoms with E-state index < -0.39 is 5.69 Å². The molecule has 32 heavy (non-hydrogen) atoms. The summed E-state index contributed by atoms with van der Waals surface area (Å²) in [6.45, 7) is 3.33. The first-order valence-corrected chi connectivity index (χ1v) is 11.8. The van der Waals surface area contributed by atoms with Gasteiger partial charge in [-0.2, -0.15) is 9.61 Å². The van der Waals surface area contributed by atoms with E-state index in [-0.39, 0.29) is 5.88 Å². The highest BCUT2D eigenvalue weighted by molar-refractivity contribution is 7.10. The Kier molecular flexibility index (Phi) is 4.69. The largest absolute Gasteiger partial charge is 0.493 e. The van der Waals surface area contributed by atoms with Crippen molar-refractivity contribution in [2.24, 2.45) is 4.99 Å². The lowest BCUT2D eigenvalue weighted by atomic mass is 10.2. The van der Waals surface area contributed by atoms with Gasteiger partial charge in [0.25, 0.3) is 0 Å². The summed E-state index contributed by atoms with van der Waals surface area (Å²) in [4.78, 5) is 30.0. The zero-order valence-electron chi connectivity index (χ0n) is 17.4. The molecule has 0 amide bonds. The van der Waals surface area contributed by atoms with Gasteiger partial charge in [0.05, 0.1) is 17.9 Å². The zero-order chi connectivity index (χ0) is 21.7. The van der Waals surface area contributed by atoms with E-state index in [1.807, 2.05) is 6.07 Å². The summed E-state index contributed by atoms with van der Waals surface area (Å²) in [6.07, 6.45) is 8.09. The van der Waals surface area contributed by atoms with Crippen molar-refractivity contribution in [1.82, 2.24) is 29.5 Å². The summed E-state index contributed by atoms with van der Waals surface area (Å²) < 4.78 is 1.73. The quantitative estimate of drug-likeness (QED) is 0.426. The van der Waals surface area contributed by atoms with E-state index in [9.17, 15) is 9.90 Å². The van der Waals surface area contributed by atoms with E-state index in [1.165, 1.54) is 30.8 Å². The highest BCUT2D eigenvalue weighted by atomic mass is 32.1. The van der Waals surface area contributed by atoms with Gasteiger partial charge in [-0.05, 0) is 50.9 Å². The fourth-order valence-electron chi connectivity index (χ4n) is 4.10. The normalized spacial score (nSPS) is 18.4. The Bertz CT molecular complexity index is 1470. The summed E-state index contributed by atoms with van der Waals surface area (Å²) >= 11 is 1.76. The van der Waals surface area contributed by atoms with Gasteiger partial charge < -0.3 is 10.1 Å². The Morgan fingerprint density at radius 1 is 1.25 bits per heavy atom. The predicted octanol–water partition coefficient (Wildman–Crippen LogP) is 1.39. The van der Waals surface area contributed by atoms with Crippen LogP contribution in [0.5, 0.6) is 5.88 Å². The fourth-order valence-corrected chi connectivity index (χ4v) is 5.02. The first kappa shape index (κ1) is 19.4. The van der Waals surface area contributed by atoms with E-state index in [4.69, 9.17) is 9.98 Å². The van der Waals surface area contributed by atoms with E-state index in [0.29, 0.717) is 22.6 Å². The fraction of sp³-hybridized carbons (Fsp3) is 0.364. The molecule has 4 aromatic rings. The Hall–Kier alpha value is -3.24. The number of aromatic nitrogens is 5. The van der Waals surface area contributed by atoms with Crippen LogP contribution in [0.1, 0.15) is 36.3 Å². The van der Waals surface area contributed by atoms with Gasteiger partial charge in [-0.15, -0.1) is 11.3 Å². The van der Waals surface area contributed by atoms with Crippen LogP contribution < -0.4 is 16.4 Å². The molecule has 5 heterocycles. The molecule has 10 heteroatoms. The molecule has 1 saturated heterocycles. The van der Waals surface area contributed by atoms with Gasteiger partial charge in [0.2, 0.25) is 5.88 Å². The standard InChI is InChI=1S/C22H23N7O2S/c30-21-18(26-22(31)27-21)8-13-10-23-29-19(24-15-3-4-15)9-17(25-20(13)29)14-7-16(32-12-14)11-28-5-1-2-6-28/h7-10,12,15,30H,1-6,11H2,(H2,26,27,31)/b13-8-,24-19?. The second kappa shape index (κ2) is 7.72. The van der Waals surface area contributed by atoms with Crippen LogP contribution in [0.2, 0.25) is 0 Å². The highest BCUT2D eigenvalue weighted by Crippen LogP contribution is 2.26. The van der Waals surface area contributed by atoms with Crippen molar-refractivity contribution < 1.29 is 5.11 Å². The molecule has 4 aromatic heterocycles. The molecule has 2 fully saturated rings. The van der Waals surface area contributed by atoms with Crippen LogP contribution in [0.25, 0.3) is 23.0 Å². The molecule has 6 rings (SSSR count). The topological polar surface area (TPSA) is 115 Å². The monoisotopic (exact) mass is 449 g/mol. The van der Waals surface area contributed by atoms with Crippen molar-refractivity contribution >= 4 is 23.1 Å². The first-order valence-electron chi connectivity index (χ1n) is 10.9. The molecule has 164 valence electrons. The van der Waals surface area contributed by atoms with Gasteiger partial charge in [-0.3, -0.25) is 14.9 Å². The smallest absolute Gasteiger partial charge is 0.326 e. The Morgan fingerprint density at radius 2 is 2.09 bits per heavy atom. The zero-order valence-corrected chi connectivity index (χ0v) is 18.2. The summed E-state index contributed by atoms with van der Waals surface area (Å²) in [5.41, 5.74) is 3.15. The van der Waals surface area contributed by atoms with Crippen LogP contribution in [0.15, 0.2) is 33.5 Å². The number of fused-ring (bicyclic) bond motifs is 1. The van der Waals surface area contributed by atoms with Gasteiger partial charge in [-0.25, -0.2) is 9.78 Å². The van der Waals surface area contributed by atoms with Crippen LogP contribution in [-0.2, 0) is 6.54 Å². The maximum absolute atomic E-state index is 11.5. The lowest BCUT2D eigenvalue weighted by Crippen LogP contribution is -2.19. The molecule has 9 nitrogen and oxygen atoms in total. The van der Waals surface area contributed by atoms with E-state index in [2.05, 4.69) is 31.4 Å². The molecule has 1 saturated carbocycles. The number of aromatic hydroxyl groups is 1. The van der Waals surface area contributed by atoms with Crippen LogP contribution in [-0.4, -0.2) is 53.7 Å². The minimum atomic E-state index is -0.466. The first-order chi connectivity index (χ1) is 15.6. The predicted molar refractivity (Wildman–Crippen MR) is 121 cm³/mol. The molecule has 0 atom stereocenters. The minimum Gasteiger partial charge on any atom is -0.493 e. The molecular weight excluding hydrogens is 426 g/mol. The number of hydrogen-bond donors (Lipinski definition) is 3. The number of imidazole rings is 1. The summed E-state index contributed by atoms with van der Waals surface area (Å²) in [6, 6.07) is 4.56. The second-order valence-electron chi connectivity index (χ2n) is 8.47. The number of H-pyrrole nitrogens is 2. The highest BCUT2D eigenvalue weighted by Gasteiger charge is 2.21. The SMILES string of the molecule is O=c1[nH]c(O)c(/C=c2/cnn3c(=NC4CC4)cc(-c4csc(CN5CCCC5)c4)nc23)[nH]1. The molecular formula is C22H23N7O2S. The maximum Gasteiger partial charge on any atom is 0.326 e. The number of hydrogen-bond acceptors (Lipinski definition) is 7. The summed E-state index contributed by atoms with van der Waals surface area (Å²) in [7, 11) is 0. The Morgan fingerprint density at radius 3 is 2.84 bits per heavy atom. The molecule has 1 aliphatic carbocycles. The molecule has 0 unspecified atom stereocenters. The average Bonchev–Trinajstić information content (AvgIpc) is 3.17. The lowest BCUT2D eigenvalue weighted by molar-refractivity contribution is 0.334. The molecule has 0 spiro atoms. The molecule has 0 aromatic carbocycles. The summed E-state index contributed by atoms with van der Waals surface area (Å²) in [5, 5.41) is 17.3. The third-order valence-corrected chi connectivity index (χ3v) is 6.83. The van der Waals surface area contributed by atoms with Gasteiger partial charge in [0.1, 0.15) is 5.69 Å². The van der Waals surface area contributed by atoms with Gasteiger partial charge in [-0.1, -0.05) is 0 Å². The van der Waals surface area contributed by atoms with Crippen LogP contribution in [0.3, 0.4) is 0 Å². The van der Waals surface area contributed by atoms with Crippen molar-refractivity contribution in [3.63, 3.8) is 0 Å². The van der Waals surface area contributed by atoms with Crippen LogP contribution in [0, 0.1) is 0 Å². The van der Waals surface area contributed by atoms with E-state index in [0.717, 1.165) is 36.1 Å². The third-order valence-electron chi connectivity index (χ3n) is 5.90. The third kappa shape index (κ3) is 3.76. The number of nitrogens with zero attached hydrogens (tertiary/aromatic N) is 5. The van der Waals surface area contributed by atoms with E-state index >= 15 is 0 Å². The van der Waals surface area contributed by atoms with Crippen molar-refractivity contribution in [2.75, 3.05) is 13.1 Å². The van der Waals surface area contributed by atoms with Gasteiger partial charge in [0.15, 0.2) is 11.1 Å². The van der Waals surface area contributed by atoms with Gasteiger partial charge >= 0.3 is 5.69 Å². The van der Waals surface area contributed by atoms with Crippen LogP contribution in [0.4, 0.5) is 0 Å². The number of likely N-dealkylation sites (tertiary alicyclic amines) is 1. The number of rotatable bonds is 5. The van der Waals surface area contributed by atoms with Crippen LogP contribution >= 0.6 is 11.3 Å². The molecule has 2 aliphatic rings. The Labute approximate surface area is 186 Å². The summed E-state index contributed by atoms with van der Waals surface area (Å²) in [5.74, 6) is -0.210. The minimum absolute atomic E-state index is 0.210. The van der Waals surface area contributed by atoms with Crippen molar-refractivity contribution in [2.45, 2.75) is 38.3 Å². The number of nitrogens with one attached hydrogen (secondary N) is 2. The number of aromatic amines is 2. The molecule has 3 N–H and O–H groups in total. The van der Waals surface area contributed by atoms with E-state index in [1.54, 1.807) is 28.1 Å². The second-order valence-corrected chi connectivity index (χ2v) is 9.46. The van der Waals surface area contributed by atoms with Gasteiger partial charge in [0, 0.05) is 33.7 Å². The van der Waals surface area contributed by atoms with Crippen molar-refractivity contribution in [3.05, 3.63) is 55.5 Å². The average molecular weight is 450 g/mol. The number of thiophene rings is 1.